The molecule has 0 aliphatic carbocycles. The van der Waals surface area contributed by atoms with Crippen molar-refractivity contribution in [1.82, 2.24) is 15.3 Å². The van der Waals surface area contributed by atoms with Crippen LogP contribution in [0.4, 0.5) is 9.59 Å². The maximum atomic E-state index is 12.4. The number of carbonyl (C=O) groups excluding carboxylic acids is 2. The predicted molar refractivity (Wildman–Crippen MR) is 94.0 cm³/mol. The number of rotatable bonds is 5. The fourth-order valence-corrected chi connectivity index (χ4v) is 3.27. The van der Waals surface area contributed by atoms with Gasteiger partial charge in [0.25, 0.3) is 0 Å². The molecule has 128 valence electrons. The largest absolute Gasteiger partial charge is 0.444 e. The van der Waals surface area contributed by atoms with E-state index < -0.39 is 11.7 Å². The van der Waals surface area contributed by atoms with Crippen molar-refractivity contribution >= 4 is 34.7 Å². The van der Waals surface area contributed by atoms with Gasteiger partial charge >= 0.3 is 12.1 Å². The molecule has 1 N–H and O–H groups in total. The minimum atomic E-state index is -0.551. The van der Waals surface area contributed by atoms with Crippen molar-refractivity contribution < 1.29 is 19.2 Å². The lowest BCUT2D eigenvalue weighted by Gasteiger charge is -2.28. The molecule has 23 heavy (non-hydrogen) atoms. The molecule has 2 aliphatic rings. The number of hydroxylamine groups is 2. The van der Waals surface area contributed by atoms with Crippen LogP contribution in [0.2, 0.25) is 0 Å². The molecule has 2 rings (SSSR count). The number of nitrogens with one attached hydrogen (secondary N) is 1. The highest BCUT2D eigenvalue weighted by Crippen LogP contribution is 2.33. The van der Waals surface area contributed by atoms with Crippen molar-refractivity contribution in [2.24, 2.45) is 0 Å². The quantitative estimate of drug-likeness (QED) is 0.532. The normalized spacial score (nSPS) is 23.7. The topological polar surface area (TPSA) is 71.1 Å². The zero-order valence-corrected chi connectivity index (χ0v) is 15.7. The Kier molecular flexibility index (Phi) is 5.56. The van der Waals surface area contributed by atoms with E-state index in [1.54, 1.807) is 31.7 Å². The highest BCUT2D eigenvalue weighted by molar-refractivity contribution is 14.1. The Morgan fingerprint density at radius 3 is 2.87 bits per heavy atom. The second kappa shape index (κ2) is 7.08. The fraction of sp³-hybridized carbons (Fsp3) is 0.600. The fourth-order valence-electron chi connectivity index (χ4n) is 2.41. The van der Waals surface area contributed by atoms with Crippen molar-refractivity contribution in [3.63, 3.8) is 0 Å². The Bertz CT molecular complexity index is 529. The number of carbonyl (C=O) groups is 2. The van der Waals surface area contributed by atoms with E-state index in [-0.39, 0.29) is 24.7 Å². The van der Waals surface area contributed by atoms with Gasteiger partial charge in [0.15, 0.2) is 0 Å². The molecule has 1 saturated heterocycles. The van der Waals surface area contributed by atoms with Gasteiger partial charge in [0.2, 0.25) is 0 Å². The van der Waals surface area contributed by atoms with E-state index in [4.69, 9.17) is 9.57 Å². The average molecular weight is 435 g/mol. The smallest absolute Gasteiger partial charge is 0.407 e. The molecule has 2 bridgehead atoms. The lowest BCUT2D eigenvalue weighted by Crippen LogP contribution is -2.46. The highest BCUT2D eigenvalue weighted by atomic mass is 127. The number of nitrogens with zero attached hydrogens (tertiary/aromatic N) is 2. The Morgan fingerprint density at radius 1 is 1.57 bits per heavy atom. The zero-order valence-electron chi connectivity index (χ0n) is 13.5. The van der Waals surface area contributed by atoms with Crippen molar-refractivity contribution in [3.05, 3.63) is 22.3 Å². The summed E-state index contributed by atoms with van der Waals surface area (Å²) in [5.41, 5.74) is -0.551. The van der Waals surface area contributed by atoms with Gasteiger partial charge in [0.1, 0.15) is 11.6 Å². The Morgan fingerprint density at radius 2 is 2.26 bits per heavy atom. The van der Waals surface area contributed by atoms with Crippen molar-refractivity contribution in [2.75, 3.05) is 19.7 Å². The van der Waals surface area contributed by atoms with E-state index in [0.717, 1.165) is 3.58 Å². The molecule has 0 radical (unpaired) electrons. The van der Waals surface area contributed by atoms with Crippen LogP contribution in [0.5, 0.6) is 0 Å². The first kappa shape index (κ1) is 18.1. The summed E-state index contributed by atoms with van der Waals surface area (Å²) in [5, 5.41) is 4.09. The standard InChI is InChI=1S/C15H22IN3O4/c1-5-6-22-19-12-9-18(14(19)21)10(7-11(12)16)8-17-13(20)23-15(2,3)4/h5,7,10,12H,1,6,8-9H2,2-4H3,(H,17,20)/t10-,12+/m1/s1. The first-order valence-corrected chi connectivity index (χ1v) is 8.48. The van der Waals surface area contributed by atoms with E-state index >= 15 is 0 Å². The molecular weight excluding hydrogens is 413 g/mol. The van der Waals surface area contributed by atoms with Crippen LogP contribution in [0.15, 0.2) is 22.3 Å². The second-order valence-corrected chi connectivity index (χ2v) is 7.61. The van der Waals surface area contributed by atoms with Gasteiger partial charge in [0, 0.05) is 10.1 Å². The first-order chi connectivity index (χ1) is 10.7. The maximum Gasteiger partial charge on any atom is 0.407 e. The molecule has 0 unspecified atom stereocenters. The SMILES string of the molecule is C=CCON1C(=O)N2C[C@H]1C(I)=C[C@@H]2CNC(=O)OC(C)(C)C. The summed E-state index contributed by atoms with van der Waals surface area (Å²) >= 11 is 2.21. The molecule has 0 aromatic rings. The van der Waals surface area contributed by atoms with E-state index in [1.165, 1.54) is 5.06 Å². The zero-order chi connectivity index (χ0) is 17.2. The lowest BCUT2D eigenvalue weighted by molar-refractivity contribution is -0.108. The summed E-state index contributed by atoms with van der Waals surface area (Å²) < 4.78 is 6.23. The molecule has 2 aliphatic heterocycles. The van der Waals surface area contributed by atoms with Crippen molar-refractivity contribution in [3.8, 4) is 0 Å². The third-order valence-electron chi connectivity index (χ3n) is 3.34. The molecule has 2 heterocycles. The van der Waals surface area contributed by atoms with Gasteiger partial charge in [-0.15, -0.1) is 6.58 Å². The Balaban J connectivity index is 1.98. The van der Waals surface area contributed by atoms with E-state index in [1.807, 2.05) is 6.08 Å². The van der Waals surface area contributed by atoms with Gasteiger partial charge in [0.05, 0.1) is 19.2 Å². The van der Waals surface area contributed by atoms with Crippen LogP contribution in [0.1, 0.15) is 20.8 Å². The van der Waals surface area contributed by atoms with Crippen LogP contribution in [0.25, 0.3) is 0 Å². The summed E-state index contributed by atoms with van der Waals surface area (Å²) in [6.45, 7) is 10.1. The molecule has 2 atom stereocenters. The number of hydrogen-bond acceptors (Lipinski definition) is 4. The number of fused-ring (bicyclic) bond motifs is 2. The molecule has 7 nitrogen and oxygen atoms in total. The Hall–Kier alpha value is -1.29. The summed E-state index contributed by atoms with van der Waals surface area (Å²) in [4.78, 5) is 31.3. The van der Waals surface area contributed by atoms with Crippen LogP contribution in [0, 0.1) is 0 Å². The average Bonchev–Trinajstić information content (AvgIpc) is 2.72. The molecular formula is C15H22IN3O4. The van der Waals surface area contributed by atoms with Crippen LogP contribution >= 0.6 is 22.6 Å². The van der Waals surface area contributed by atoms with Crippen molar-refractivity contribution in [2.45, 2.75) is 38.5 Å². The molecule has 0 aromatic heterocycles. The molecule has 0 spiro atoms. The third-order valence-corrected chi connectivity index (χ3v) is 4.42. The number of hydrogen-bond donors (Lipinski definition) is 1. The van der Waals surface area contributed by atoms with E-state index in [9.17, 15) is 9.59 Å². The predicted octanol–water partition coefficient (Wildman–Crippen LogP) is 2.44. The van der Waals surface area contributed by atoms with Gasteiger partial charge in [-0.25, -0.2) is 9.59 Å². The number of ether oxygens (including phenoxy) is 1. The summed E-state index contributed by atoms with van der Waals surface area (Å²) in [5.74, 6) is 0. The minimum absolute atomic E-state index is 0.0965. The molecule has 0 aromatic carbocycles. The van der Waals surface area contributed by atoms with Crippen LogP contribution in [-0.4, -0.2) is 59.5 Å². The van der Waals surface area contributed by atoms with Gasteiger partial charge in [-0.05, 0) is 49.4 Å². The third kappa shape index (κ3) is 4.37. The number of urea groups is 1. The summed E-state index contributed by atoms with van der Waals surface area (Å²) in [6, 6.07) is -0.507. The van der Waals surface area contributed by atoms with Crippen LogP contribution in [0.3, 0.4) is 0 Å². The van der Waals surface area contributed by atoms with Crippen LogP contribution < -0.4 is 5.32 Å². The molecule has 3 amide bonds. The molecule has 1 fully saturated rings. The minimum Gasteiger partial charge on any atom is -0.444 e. The summed E-state index contributed by atoms with van der Waals surface area (Å²) in [6.07, 6.45) is 3.08. The molecule has 8 heteroatoms. The maximum absolute atomic E-state index is 12.4. The molecule has 0 saturated carbocycles. The van der Waals surface area contributed by atoms with Crippen molar-refractivity contribution in [1.29, 1.82) is 0 Å². The lowest BCUT2D eigenvalue weighted by atomic mass is 10.1. The first-order valence-electron chi connectivity index (χ1n) is 7.40. The van der Waals surface area contributed by atoms with Crippen LogP contribution in [-0.2, 0) is 9.57 Å². The summed E-state index contributed by atoms with van der Waals surface area (Å²) in [7, 11) is 0. The van der Waals surface area contributed by atoms with Gasteiger partial charge < -0.3 is 15.0 Å². The van der Waals surface area contributed by atoms with E-state index in [0.29, 0.717) is 13.1 Å². The van der Waals surface area contributed by atoms with Gasteiger partial charge in [-0.1, -0.05) is 6.08 Å². The monoisotopic (exact) mass is 435 g/mol. The van der Waals surface area contributed by atoms with Gasteiger partial charge in [-0.3, -0.25) is 4.84 Å². The van der Waals surface area contributed by atoms with Gasteiger partial charge in [-0.2, -0.15) is 5.06 Å². The number of alkyl carbamates (subject to hydrolysis) is 1. The number of amides is 3. The highest BCUT2D eigenvalue weighted by Gasteiger charge is 2.46. The number of halogens is 1. The van der Waals surface area contributed by atoms with E-state index in [2.05, 4.69) is 34.5 Å². The second-order valence-electron chi connectivity index (χ2n) is 6.36. The Labute approximate surface area is 149 Å².